The molecule has 1 heterocycles. The number of ether oxygens (including phenoxy) is 1. The highest BCUT2D eigenvalue weighted by molar-refractivity contribution is 7.88. The molecule has 0 saturated carbocycles. The molecule has 0 bridgehead atoms. The summed E-state index contributed by atoms with van der Waals surface area (Å²) in [6, 6.07) is 7.69. The standard InChI is InChI=1S/C12H18BNO3S/c1-13-12-6-4-3-5-10(12)9-18(15,16)14(2)7-11-8-17-11/h3-6,11,13H,7-9H2,1-2H3. The zero-order chi connectivity index (χ0) is 13.2. The first-order valence-corrected chi connectivity index (χ1v) is 7.76. The van der Waals surface area contributed by atoms with Crippen LogP contribution in [0, 0.1) is 0 Å². The maximum atomic E-state index is 12.2. The Morgan fingerprint density at radius 2 is 2.11 bits per heavy atom. The highest BCUT2D eigenvalue weighted by Gasteiger charge is 2.29. The van der Waals surface area contributed by atoms with Gasteiger partial charge in [-0.1, -0.05) is 36.6 Å². The molecular weight excluding hydrogens is 249 g/mol. The van der Waals surface area contributed by atoms with Gasteiger partial charge >= 0.3 is 0 Å². The van der Waals surface area contributed by atoms with Gasteiger partial charge in [0, 0.05) is 13.6 Å². The van der Waals surface area contributed by atoms with Crippen molar-refractivity contribution in [2.75, 3.05) is 20.2 Å². The zero-order valence-electron chi connectivity index (χ0n) is 10.8. The van der Waals surface area contributed by atoms with Crippen molar-refractivity contribution in [2.24, 2.45) is 0 Å². The normalized spacial score (nSPS) is 18.9. The van der Waals surface area contributed by atoms with Crippen LogP contribution in [-0.4, -0.2) is 46.3 Å². The Morgan fingerprint density at radius 1 is 1.44 bits per heavy atom. The second-order valence-corrected chi connectivity index (χ2v) is 6.69. The minimum Gasteiger partial charge on any atom is -0.372 e. The summed E-state index contributed by atoms with van der Waals surface area (Å²) in [4.78, 5) is 0. The molecule has 1 saturated heterocycles. The first-order valence-electron chi connectivity index (χ1n) is 6.15. The van der Waals surface area contributed by atoms with Gasteiger partial charge < -0.3 is 4.74 Å². The van der Waals surface area contributed by atoms with E-state index in [1.165, 1.54) is 4.31 Å². The zero-order valence-corrected chi connectivity index (χ0v) is 11.6. The van der Waals surface area contributed by atoms with Crippen molar-refractivity contribution < 1.29 is 13.2 Å². The quantitative estimate of drug-likeness (QED) is 0.536. The lowest BCUT2D eigenvalue weighted by Crippen LogP contribution is -2.33. The smallest absolute Gasteiger partial charge is 0.218 e. The number of sulfonamides is 1. The van der Waals surface area contributed by atoms with Gasteiger partial charge in [-0.15, -0.1) is 0 Å². The van der Waals surface area contributed by atoms with E-state index in [0.29, 0.717) is 13.2 Å². The second kappa shape index (κ2) is 5.42. The lowest BCUT2D eigenvalue weighted by molar-refractivity contribution is 0.359. The van der Waals surface area contributed by atoms with Crippen LogP contribution in [-0.2, 0) is 20.5 Å². The summed E-state index contributed by atoms with van der Waals surface area (Å²) < 4.78 is 30.9. The highest BCUT2D eigenvalue weighted by atomic mass is 32.2. The first-order chi connectivity index (χ1) is 8.53. The highest BCUT2D eigenvalue weighted by Crippen LogP contribution is 2.14. The van der Waals surface area contributed by atoms with Gasteiger partial charge in [0.15, 0.2) is 7.28 Å². The van der Waals surface area contributed by atoms with E-state index in [4.69, 9.17) is 4.74 Å². The maximum absolute atomic E-state index is 12.2. The van der Waals surface area contributed by atoms with Crippen LogP contribution < -0.4 is 5.46 Å². The van der Waals surface area contributed by atoms with Gasteiger partial charge in [-0.05, 0) is 5.56 Å². The minimum absolute atomic E-state index is 0.0697. The molecule has 0 radical (unpaired) electrons. The largest absolute Gasteiger partial charge is 0.372 e. The third-order valence-electron chi connectivity index (χ3n) is 3.18. The molecule has 1 unspecified atom stereocenters. The Hall–Kier alpha value is -0.845. The van der Waals surface area contributed by atoms with Crippen LogP contribution in [0.3, 0.4) is 0 Å². The molecular formula is C12H18BNO3S. The van der Waals surface area contributed by atoms with Crippen molar-refractivity contribution >= 4 is 22.8 Å². The predicted octanol–water partition coefficient (Wildman–Crippen LogP) is -0.0431. The van der Waals surface area contributed by atoms with E-state index in [2.05, 4.69) is 0 Å². The van der Waals surface area contributed by atoms with Crippen molar-refractivity contribution in [1.82, 2.24) is 4.31 Å². The summed E-state index contributed by atoms with van der Waals surface area (Å²) in [6.45, 7) is 3.16. The molecule has 6 heteroatoms. The van der Waals surface area contributed by atoms with Crippen LogP contribution >= 0.6 is 0 Å². The predicted molar refractivity (Wildman–Crippen MR) is 74.1 cm³/mol. The Kier molecular flexibility index (Phi) is 4.09. The van der Waals surface area contributed by atoms with Gasteiger partial charge in [-0.25, -0.2) is 12.7 Å². The van der Waals surface area contributed by atoms with E-state index in [1.54, 1.807) is 7.05 Å². The van der Waals surface area contributed by atoms with Crippen LogP contribution in [0.1, 0.15) is 5.56 Å². The summed E-state index contributed by atoms with van der Waals surface area (Å²) >= 11 is 0. The van der Waals surface area contributed by atoms with Crippen LogP contribution in [0.4, 0.5) is 0 Å². The van der Waals surface area contributed by atoms with Crippen LogP contribution in [0.15, 0.2) is 24.3 Å². The third kappa shape index (κ3) is 3.34. The fourth-order valence-electron chi connectivity index (χ4n) is 1.92. The summed E-state index contributed by atoms with van der Waals surface area (Å²) in [5.74, 6) is 0.0697. The van der Waals surface area contributed by atoms with Crippen molar-refractivity contribution in [2.45, 2.75) is 18.7 Å². The van der Waals surface area contributed by atoms with Gasteiger partial charge in [-0.2, -0.15) is 0 Å². The fourth-order valence-corrected chi connectivity index (χ4v) is 3.21. The van der Waals surface area contributed by atoms with Crippen molar-refractivity contribution in [3.05, 3.63) is 29.8 Å². The van der Waals surface area contributed by atoms with Gasteiger partial charge in [0.1, 0.15) is 0 Å². The number of nitrogens with zero attached hydrogens (tertiary/aromatic N) is 1. The fraction of sp³-hybridized carbons (Fsp3) is 0.500. The van der Waals surface area contributed by atoms with E-state index in [1.807, 2.05) is 31.1 Å². The number of hydrogen-bond acceptors (Lipinski definition) is 3. The molecule has 0 aliphatic carbocycles. The molecule has 0 spiro atoms. The van der Waals surface area contributed by atoms with Gasteiger partial charge in [0.05, 0.1) is 18.5 Å². The van der Waals surface area contributed by atoms with Crippen LogP contribution in [0.2, 0.25) is 6.82 Å². The summed E-state index contributed by atoms with van der Waals surface area (Å²) in [5.41, 5.74) is 1.99. The van der Waals surface area contributed by atoms with Crippen LogP contribution in [0.5, 0.6) is 0 Å². The number of benzene rings is 1. The first kappa shape index (κ1) is 13.6. The number of epoxide rings is 1. The van der Waals surface area contributed by atoms with E-state index >= 15 is 0 Å². The second-order valence-electron chi connectivity index (χ2n) is 4.61. The molecule has 1 aromatic rings. The van der Waals surface area contributed by atoms with Crippen molar-refractivity contribution in [3.63, 3.8) is 0 Å². The average molecular weight is 267 g/mol. The molecule has 1 aromatic carbocycles. The minimum atomic E-state index is -3.25. The van der Waals surface area contributed by atoms with Gasteiger partial charge in [0.2, 0.25) is 10.0 Å². The SMILES string of the molecule is CBc1ccccc1CS(=O)(=O)N(C)CC1CO1. The van der Waals surface area contributed by atoms with Crippen LogP contribution in [0.25, 0.3) is 0 Å². The Morgan fingerprint density at radius 3 is 2.72 bits per heavy atom. The van der Waals surface area contributed by atoms with E-state index in [0.717, 1.165) is 18.3 Å². The van der Waals surface area contributed by atoms with Gasteiger partial charge in [0.25, 0.3) is 0 Å². The molecule has 2 rings (SSSR count). The molecule has 18 heavy (non-hydrogen) atoms. The Balaban J connectivity index is 2.10. The molecule has 1 aliphatic heterocycles. The third-order valence-corrected chi connectivity index (χ3v) is 4.95. The number of rotatable bonds is 6. The summed E-state index contributed by atoms with van der Waals surface area (Å²) in [7, 11) is -0.783. The topological polar surface area (TPSA) is 49.9 Å². The summed E-state index contributed by atoms with van der Waals surface area (Å²) in [5, 5.41) is 0. The molecule has 1 fully saturated rings. The lowest BCUT2D eigenvalue weighted by atomic mass is 9.71. The van der Waals surface area contributed by atoms with Gasteiger partial charge in [-0.3, -0.25) is 0 Å². The lowest BCUT2D eigenvalue weighted by Gasteiger charge is -2.17. The van der Waals surface area contributed by atoms with E-state index in [-0.39, 0.29) is 11.9 Å². The molecule has 0 aromatic heterocycles. The van der Waals surface area contributed by atoms with E-state index in [9.17, 15) is 8.42 Å². The van der Waals surface area contributed by atoms with Crippen molar-refractivity contribution in [1.29, 1.82) is 0 Å². The Bertz CT molecular complexity index is 514. The molecule has 0 N–H and O–H groups in total. The molecule has 4 nitrogen and oxygen atoms in total. The number of hydrogen-bond donors (Lipinski definition) is 0. The average Bonchev–Trinajstić information content (AvgIpc) is 3.13. The molecule has 1 aliphatic rings. The van der Waals surface area contributed by atoms with Crippen molar-refractivity contribution in [3.8, 4) is 0 Å². The monoisotopic (exact) mass is 267 g/mol. The molecule has 0 amide bonds. The Labute approximate surface area is 109 Å². The summed E-state index contributed by atoms with van der Waals surface area (Å²) in [6.07, 6.45) is 0.0891. The molecule has 1 atom stereocenters. The molecule has 98 valence electrons. The number of likely N-dealkylation sites (N-methyl/N-ethyl adjacent to an activating group) is 1. The van der Waals surface area contributed by atoms with E-state index < -0.39 is 10.0 Å². The maximum Gasteiger partial charge on any atom is 0.218 e.